The maximum Gasteiger partial charge on any atom is 0.125 e. The average molecular weight is 213 g/mol. The molecule has 74 valence electrons. The summed E-state index contributed by atoms with van der Waals surface area (Å²) in [6.45, 7) is 1.09. The first-order valence-electron chi connectivity index (χ1n) is 4.37. The fourth-order valence-corrected chi connectivity index (χ4v) is 1.84. The van der Waals surface area contributed by atoms with E-state index in [4.69, 9.17) is 17.3 Å². The van der Waals surface area contributed by atoms with Gasteiger partial charge in [-0.2, -0.15) is 0 Å². The molecule has 0 radical (unpaired) electrons. The van der Waals surface area contributed by atoms with Crippen LogP contribution < -0.4 is 5.73 Å². The molecule has 2 nitrogen and oxygen atoms in total. The molecule has 4 heteroatoms. The van der Waals surface area contributed by atoms with Crippen LogP contribution in [0, 0.1) is 5.82 Å². The Morgan fingerprint density at radius 2 is 2.14 bits per heavy atom. The minimum Gasteiger partial charge on any atom is -0.330 e. The third-order valence-corrected chi connectivity index (χ3v) is 2.48. The minimum absolute atomic E-state index is 0.259. The molecule has 0 aliphatic heterocycles. The van der Waals surface area contributed by atoms with Crippen molar-refractivity contribution in [2.24, 2.45) is 5.73 Å². The third-order valence-electron chi connectivity index (χ3n) is 2.17. The molecule has 0 amide bonds. The highest BCUT2D eigenvalue weighted by Crippen LogP contribution is 2.23. The van der Waals surface area contributed by atoms with Crippen molar-refractivity contribution in [3.8, 4) is 0 Å². The van der Waals surface area contributed by atoms with E-state index in [9.17, 15) is 4.39 Å². The number of benzene rings is 1. The molecule has 1 aromatic carbocycles. The van der Waals surface area contributed by atoms with Crippen LogP contribution in [0.3, 0.4) is 0 Å². The Morgan fingerprint density at radius 3 is 2.86 bits per heavy atom. The van der Waals surface area contributed by atoms with Gasteiger partial charge in [-0.15, -0.1) is 0 Å². The van der Waals surface area contributed by atoms with Crippen molar-refractivity contribution in [2.75, 3.05) is 6.54 Å². The lowest BCUT2D eigenvalue weighted by Gasteiger charge is -2.04. The van der Waals surface area contributed by atoms with Crippen LogP contribution in [0.1, 0.15) is 0 Å². The van der Waals surface area contributed by atoms with Gasteiger partial charge in [-0.05, 0) is 24.3 Å². The summed E-state index contributed by atoms with van der Waals surface area (Å²) in [7, 11) is 0. The Morgan fingerprint density at radius 1 is 1.36 bits per heavy atom. The van der Waals surface area contributed by atoms with Gasteiger partial charge >= 0.3 is 0 Å². The number of nitrogens with zero attached hydrogens (tertiary/aromatic N) is 1. The number of hydrogen-bond acceptors (Lipinski definition) is 1. The summed E-state index contributed by atoms with van der Waals surface area (Å²) in [4.78, 5) is 0. The number of halogens is 2. The summed E-state index contributed by atoms with van der Waals surface area (Å²) in [6, 6.07) is 6.41. The van der Waals surface area contributed by atoms with Crippen molar-refractivity contribution < 1.29 is 4.39 Å². The van der Waals surface area contributed by atoms with E-state index >= 15 is 0 Å². The van der Waals surface area contributed by atoms with Crippen molar-refractivity contribution in [1.82, 2.24) is 4.57 Å². The first kappa shape index (κ1) is 9.49. The largest absolute Gasteiger partial charge is 0.330 e. The molecular formula is C10H10ClFN2. The van der Waals surface area contributed by atoms with E-state index in [0.717, 1.165) is 10.9 Å². The second-order valence-corrected chi connectivity index (χ2v) is 3.50. The summed E-state index contributed by atoms with van der Waals surface area (Å²) in [5.41, 5.74) is 6.24. The average Bonchev–Trinajstić information content (AvgIpc) is 2.45. The standard InChI is InChI=1S/C10H10ClFN2/c11-10-5-7-1-2-8(12)6-9(7)14(10)4-3-13/h1-2,5-6H,3-4,13H2. The summed E-state index contributed by atoms with van der Waals surface area (Å²) < 4.78 is 14.8. The minimum atomic E-state index is -0.259. The molecule has 0 aliphatic rings. The molecule has 0 saturated heterocycles. The van der Waals surface area contributed by atoms with Gasteiger partial charge in [0, 0.05) is 18.5 Å². The van der Waals surface area contributed by atoms with Gasteiger partial charge in [-0.3, -0.25) is 0 Å². The van der Waals surface area contributed by atoms with E-state index in [1.165, 1.54) is 12.1 Å². The van der Waals surface area contributed by atoms with Gasteiger partial charge in [-0.25, -0.2) is 4.39 Å². The van der Waals surface area contributed by atoms with E-state index in [-0.39, 0.29) is 5.82 Å². The molecule has 14 heavy (non-hydrogen) atoms. The lowest BCUT2D eigenvalue weighted by atomic mass is 10.2. The number of fused-ring (bicyclic) bond motifs is 1. The molecule has 0 unspecified atom stereocenters. The maximum absolute atomic E-state index is 13.0. The molecule has 2 aromatic rings. The molecule has 2 rings (SSSR count). The van der Waals surface area contributed by atoms with Crippen molar-refractivity contribution in [3.05, 3.63) is 35.2 Å². The molecule has 0 fully saturated rings. The normalized spacial score (nSPS) is 11.1. The summed E-state index contributed by atoms with van der Waals surface area (Å²) in [5, 5.41) is 1.53. The predicted molar refractivity (Wildman–Crippen MR) is 56.0 cm³/mol. The molecule has 0 aliphatic carbocycles. The van der Waals surface area contributed by atoms with E-state index in [0.29, 0.717) is 18.2 Å². The predicted octanol–water partition coefficient (Wildman–Crippen LogP) is 2.39. The first-order valence-corrected chi connectivity index (χ1v) is 4.74. The van der Waals surface area contributed by atoms with Crippen LogP contribution in [-0.2, 0) is 6.54 Å². The smallest absolute Gasteiger partial charge is 0.125 e. The van der Waals surface area contributed by atoms with Crippen molar-refractivity contribution in [1.29, 1.82) is 0 Å². The monoisotopic (exact) mass is 212 g/mol. The Hall–Kier alpha value is -1.06. The van der Waals surface area contributed by atoms with Crippen LogP contribution >= 0.6 is 11.6 Å². The Labute approximate surface area is 86.1 Å². The first-order chi connectivity index (χ1) is 6.72. The van der Waals surface area contributed by atoms with E-state index in [2.05, 4.69) is 0 Å². The molecule has 0 saturated carbocycles. The lowest BCUT2D eigenvalue weighted by Crippen LogP contribution is -2.09. The van der Waals surface area contributed by atoms with Crippen LogP contribution in [0.4, 0.5) is 4.39 Å². The number of hydrogen-bond donors (Lipinski definition) is 1. The van der Waals surface area contributed by atoms with Crippen molar-refractivity contribution >= 4 is 22.5 Å². The van der Waals surface area contributed by atoms with Gasteiger partial charge in [0.15, 0.2) is 0 Å². The third kappa shape index (κ3) is 1.49. The summed E-state index contributed by atoms with van der Waals surface area (Å²) in [5.74, 6) is -0.259. The second kappa shape index (κ2) is 3.59. The van der Waals surface area contributed by atoms with Gasteiger partial charge < -0.3 is 10.3 Å². The zero-order valence-corrected chi connectivity index (χ0v) is 8.26. The quantitative estimate of drug-likeness (QED) is 0.814. The fraction of sp³-hybridized carbons (Fsp3) is 0.200. The van der Waals surface area contributed by atoms with E-state index in [1.54, 1.807) is 10.6 Å². The van der Waals surface area contributed by atoms with Crippen LogP contribution in [0.5, 0.6) is 0 Å². The van der Waals surface area contributed by atoms with Crippen molar-refractivity contribution in [3.63, 3.8) is 0 Å². The molecule has 2 N–H and O–H groups in total. The summed E-state index contributed by atoms with van der Waals surface area (Å²) >= 11 is 5.98. The maximum atomic E-state index is 13.0. The van der Waals surface area contributed by atoms with Gasteiger partial charge in [0.2, 0.25) is 0 Å². The zero-order chi connectivity index (χ0) is 10.1. The van der Waals surface area contributed by atoms with E-state index < -0.39 is 0 Å². The molecule has 1 aromatic heterocycles. The molecular weight excluding hydrogens is 203 g/mol. The Balaban J connectivity index is 2.66. The number of nitrogens with two attached hydrogens (primary N) is 1. The number of rotatable bonds is 2. The van der Waals surface area contributed by atoms with Gasteiger partial charge in [-0.1, -0.05) is 11.6 Å². The topological polar surface area (TPSA) is 30.9 Å². The highest BCUT2D eigenvalue weighted by molar-refractivity contribution is 6.30. The number of aromatic nitrogens is 1. The van der Waals surface area contributed by atoms with Gasteiger partial charge in [0.25, 0.3) is 0 Å². The Bertz CT molecular complexity index is 464. The summed E-state index contributed by atoms with van der Waals surface area (Å²) in [6.07, 6.45) is 0. The van der Waals surface area contributed by atoms with Crippen LogP contribution in [0.2, 0.25) is 5.15 Å². The fourth-order valence-electron chi connectivity index (χ4n) is 1.55. The Kier molecular flexibility index (Phi) is 2.44. The van der Waals surface area contributed by atoms with Crippen molar-refractivity contribution in [2.45, 2.75) is 6.54 Å². The highest BCUT2D eigenvalue weighted by Gasteiger charge is 2.06. The van der Waals surface area contributed by atoms with Crippen LogP contribution in [-0.4, -0.2) is 11.1 Å². The second-order valence-electron chi connectivity index (χ2n) is 3.11. The van der Waals surface area contributed by atoms with E-state index in [1.807, 2.05) is 6.07 Å². The SMILES string of the molecule is NCCn1c(Cl)cc2ccc(F)cc21. The lowest BCUT2D eigenvalue weighted by molar-refractivity contribution is 0.627. The van der Waals surface area contributed by atoms with Crippen LogP contribution in [0.15, 0.2) is 24.3 Å². The van der Waals surface area contributed by atoms with Gasteiger partial charge in [0.05, 0.1) is 5.52 Å². The zero-order valence-electron chi connectivity index (χ0n) is 7.50. The molecule has 0 bridgehead atoms. The molecule has 1 heterocycles. The molecule has 0 atom stereocenters. The molecule has 0 spiro atoms. The highest BCUT2D eigenvalue weighted by atomic mass is 35.5. The van der Waals surface area contributed by atoms with Crippen LogP contribution in [0.25, 0.3) is 10.9 Å². The van der Waals surface area contributed by atoms with Gasteiger partial charge in [0.1, 0.15) is 11.0 Å².